The molecule has 0 amide bonds. The molecular weight excluding hydrogens is 494 g/mol. The number of anilines is 1. The van der Waals surface area contributed by atoms with Crippen molar-refractivity contribution >= 4 is 42.7 Å². The summed E-state index contributed by atoms with van der Waals surface area (Å²) in [6.07, 6.45) is 0. The number of carboxylic acid groups (broad SMARTS) is 1. The molecule has 1 aromatic heterocycles. The van der Waals surface area contributed by atoms with Crippen molar-refractivity contribution in [1.82, 2.24) is 0 Å². The Morgan fingerprint density at radius 2 is 1.26 bits per heavy atom. The van der Waals surface area contributed by atoms with E-state index < -0.39 is 37.2 Å². The normalized spacial score (nSPS) is 11.9. The van der Waals surface area contributed by atoms with Crippen LogP contribution in [0.1, 0.15) is 21.5 Å². The van der Waals surface area contributed by atoms with Crippen LogP contribution in [-0.4, -0.2) is 27.9 Å². The molecule has 0 saturated carbocycles. The average Bonchev–Trinajstić information content (AvgIpc) is 2.79. The highest BCUT2D eigenvalue weighted by molar-refractivity contribution is 8.10. The third-order valence-electron chi connectivity index (χ3n) is 5.23. The summed E-state index contributed by atoms with van der Waals surface area (Å²) < 4.78 is 60.0. The molecule has 0 unspecified atom stereocenters. The number of aromatic carboxylic acids is 1. The molecule has 4 rings (SSSR count). The lowest BCUT2D eigenvalue weighted by Gasteiger charge is -2.24. The van der Waals surface area contributed by atoms with E-state index in [0.717, 1.165) is 23.3 Å². The number of hydrogen-bond acceptors (Lipinski definition) is 7. The zero-order valence-electron chi connectivity index (χ0n) is 18.5. The van der Waals surface area contributed by atoms with Gasteiger partial charge in [-0.25, -0.2) is 26.4 Å². The van der Waals surface area contributed by atoms with Crippen LogP contribution in [0.4, 0.5) is 5.69 Å². The fourth-order valence-electron chi connectivity index (χ4n) is 3.39. The first-order chi connectivity index (χ1) is 16.4. The van der Waals surface area contributed by atoms with Crippen LogP contribution in [0.3, 0.4) is 0 Å². The number of benzene rings is 3. The smallest absolute Gasteiger partial charge is 0.351 e. The highest BCUT2D eigenvalue weighted by atomic mass is 32.3. The van der Waals surface area contributed by atoms with E-state index in [1.54, 1.807) is 13.8 Å². The fraction of sp³-hybridized carbons (Fsp3) is 0.0833. The van der Waals surface area contributed by atoms with Gasteiger partial charge in [-0.05, 0) is 62.4 Å². The van der Waals surface area contributed by atoms with E-state index in [-0.39, 0.29) is 26.4 Å². The summed E-state index contributed by atoms with van der Waals surface area (Å²) in [7, 11) is -9.31. The maximum atomic E-state index is 13.7. The highest BCUT2D eigenvalue weighted by Gasteiger charge is 2.37. The van der Waals surface area contributed by atoms with Crippen LogP contribution in [0.25, 0.3) is 11.0 Å². The van der Waals surface area contributed by atoms with Crippen molar-refractivity contribution in [3.8, 4) is 0 Å². The molecule has 0 aliphatic heterocycles. The van der Waals surface area contributed by atoms with Gasteiger partial charge in [-0.2, -0.15) is 3.71 Å². The predicted molar refractivity (Wildman–Crippen MR) is 129 cm³/mol. The fourth-order valence-corrected chi connectivity index (χ4v) is 7.07. The number of carboxylic acids is 1. The van der Waals surface area contributed by atoms with Crippen molar-refractivity contribution < 1.29 is 31.2 Å². The van der Waals surface area contributed by atoms with E-state index in [1.165, 1.54) is 60.7 Å². The summed E-state index contributed by atoms with van der Waals surface area (Å²) in [5.74, 6) is -1.54. The van der Waals surface area contributed by atoms with Crippen LogP contribution in [0, 0.1) is 13.8 Å². The SMILES string of the molecule is Cc1ccc(S(=O)(=O)N(c2ccc3oc(=O)c(C(=O)O)cc3c2)S(=O)(=O)c2ccc(C)cc2)cc1. The van der Waals surface area contributed by atoms with Crippen LogP contribution < -0.4 is 9.34 Å². The van der Waals surface area contributed by atoms with Gasteiger partial charge < -0.3 is 9.52 Å². The second-order valence-electron chi connectivity index (χ2n) is 7.81. The van der Waals surface area contributed by atoms with Gasteiger partial charge in [0.15, 0.2) is 0 Å². The van der Waals surface area contributed by atoms with Crippen molar-refractivity contribution in [2.24, 2.45) is 0 Å². The molecule has 3 aromatic carbocycles. The molecule has 0 saturated heterocycles. The zero-order valence-corrected chi connectivity index (χ0v) is 20.1. The minimum absolute atomic E-state index is 0.0303. The largest absolute Gasteiger partial charge is 0.477 e. The number of carbonyl (C=O) groups is 1. The number of aryl methyl sites for hydroxylation is 2. The minimum atomic E-state index is -4.65. The molecular formula is C24H19NO8S2. The topological polar surface area (TPSA) is 139 Å². The maximum Gasteiger partial charge on any atom is 0.351 e. The Labute approximate surface area is 201 Å². The van der Waals surface area contributed by atoms with Crippen LogP contribution in [0.5, 0.6) is 0 Å². The summed E-state index contributed by atoms with van der Waals surface area (Å²) in [4.78, 5) is 22.7. The van der Waals surface area contributed by atoms with Gasteiger partial charge in [0.05, 0.1) is 15.5 Å². The molecule has 11 heteroatoms. The van der Waals surface area contributed by atoms with E-state index in [9.17, 15) is 31.5 Å². The van der Waals surface area contributed by atoms with Crippen molar-refractivity contribution in [2.75, 3.05) is 3.71 Å². The second kappa shape index (κ2) is 8.67. The molecule has 180 valence electrons. The monoisotopic (exact) mass is 513 g/mol. The first-order valence-electron chi connectivity index (χ1n) is 10.2. The van der Waals surface area contributed by atoms with Crippen LogP contribution >= 0.6 is 0 Å². The van der Waals surface area contributed by atoms with Gasteiger partial charge in [0.25, 0.3) is 20.0 Å². The van der Waals surface area contributed by atoms with E-state index in [4.69, 9.17) is 4.42 Å². The molecule has 1 N–H and O–H groups in total. The molecule has 0 spiro atoms. The quantitative estimate of drug-likeness (QED) is 0.385. The molecule has 0 atom stereocenters. The maximum absolute atomic E-state index is 13.7. The van der Waals surface area contributed by atoms with Gasteiger partial charge in [0, 0.05) is 5.39 Å². The second-order valence-corrected chi connectivity index (χ2v) is 11.6. The van der Waals surface area contributed by atoms with Crippen LogP contribution in [0.2, 0.25) is 0 Å². The summed E-state index contributed by atoms with van der Waals surface area (Å²) >= 11 is 0. The van der Waals surface area contributed by atoms with Gasteiger partial charge in [-0.1, -0.05) is 35.4 Å². The van der Waals surface area contributed by atoms with Gasteiger partial charge in [-0.15, -0.1) is 0 Å². The minimum Gasteiger partial charge on any atom is -0.477 e. The highest BCUT2D eigenvalue weighted by Crippen LogP contribution is 2.33. The Morgan fingerprint density at radius 3 is 1.71 bits per heavy atom. The summed E-state index contributed by atoms with van der Waals surface area (Å²) in [6.45, 7) is 3.52. The van der Waals surface area contributed by atoms with Gasteiger partial charge >= 0.3 is 11.6 Å². The van der Waals surface area contributed by atoms with Gasteiger partial charge in [0.1, 0.15) is 11.1 Å². The number of fused-ring (bicyclic) bond motifs is 1. The van der Waals surface area contributed by atoms with Crippen molar-refractivity contribution in [3.63, 3.8) is 0 Å². The standard InChI is InChI=1S/C24H19NO8S2/c1-15-3-8-19(9-4-15)34(29,30)25(35(31,32)20-10-5-16(2)6-11-20)18-7-12-22-17(13-18)14-21(23(26)27)24(28)33-22/h3-14H,1-2H3,(H,26,27). The Bertz CT molecular complexity index is 1650. The van der Waals surface area contributed by atoms with Crippen molar-refractivity contribution in [3.05, 3.63) is 99.9 Å². The molecule has 0 radical (unpaired) electrons. The third-order valence-corrected chi connectivity index (χ3v) is 9.44. The summed E-state index contributed by atoms with van der Waals surface area (Å²) in [5, 5.41) is 9.27. The Kier molecular flexibility index (Phi) is 5.99. The molecule has 9 nitrogen and oxygen atoms in total. The lowest BCUT2D eigenvalue weighted by Crippen LogP contribution is -2.37. The van der Waals surface area contributed by atoms with E-state index in [1.807, 2.05) is 0 Å². The molecule has 0 aliphatic rings. The van der Waals surface area contributed by atoms with Gasteiger partial charge in [-0.3, -0.25) is 0 Å². The Morgan fingerprint density at radius 1 is 0.771 bits per heavy atom. The molecule has 0 aliphatic carbocycles. The Hall–Kier alpha value is -3.96. The Balaban J connectivity index is 2.01. The lowest BCUT2D eigenvalue weighted by molar-refractivity contribution is 0.0692. The van der Waals surface area contributed by atoms with E-state index in [0.29, 0.717) is 3.71 Å². The number of rotatable bonds is 6. The van der Waals surface area contributed by atoms with E-state index >= 15 is 0 Å². The number of hydrogen-bond donors (Lipinski definition) is 1. The predicted octanol–water partition coefficient (Wildman–Crippen LogP) is 3.69. The van der Waals surface area contributed by atoms with Crippen molar-refractivity contribution in [2.45, 2.75) is 23.6 Å². The summed E-state index contributed by atoms with van der Waals surface area (Å²) in [6, 6.07) is 15.9. The van der Waals surface area contributed by atoms with E-state index in [2.05, 4.69) is 0 Å². The molecule has 35 heavy (non-hydrogen) atoms. The summed E-state index contributed by atoms with van der Waals surface area (Å²) in [5.41, 5.74) is -0.538. The number of sulfonamides is 2. The molecule has 0 fully saturated rings. The van der Waals surface area contributed by atoms with Crippen LogP contribution in [0.15, 0.2) is 91.8 Å². The van der Waals surface area contributed by atoms with Gasteiger partial charge in [0.2, 0.25) is 0 Å². The molecule has 1 heterocycles. The van der Waals surface area contributed by atoms with Crippen molar-refractivity contribution in [1.29, 1.82) is 0 Å². The molecule has 4 aromatic rings. The third kappa shape index (κ3) is 4.43. The molecule has 0 bridgehead atoms. The first-order valence-corrected chi connectivity index (χ1v) is 13.0. The lowest BCUT2D eigenvalue weighted by atomic mass is 10.1. The average molecular weight is 514 g/mol. The zero-order chi connectivity index (χ0) is 25.5. The van der Waals surface area contributed by atoms with Crippen LogP contribution in [-0.2, 0) is 20.0 Å². The number of nitrogens with zero attached hydrogens (tertiary/aromatic N) is 1. The first kappa shape index (κ1) is 24.2.